The van der Waals surface area contributed by atoms with Crippen molar-refractivity contribution in [3.8, 4) is 0 Å². The lowest BCUT2D eigenvalue weighted by Gasteiger charge is -2.11. The average Bonchev–Trinajstić information content (AvgIpc) is 3.04. The van der Waals surface area contributed by atoms with E-state index in [0.29, 0.717) is 30.6 Å². The fourth-order valence-electron chi connectivity index (χ4n) is 1.49. The molecule has 7 heteroatoms. The van der Waals surface area contributed by atoms with Gasteiger partial charge >= 0.3 is 0 Å². The summed E-state index contributed by atoms with van der Waals surface area (Å²) in [4.78, 5) is 15.8. The van der Waals surface area contributed by atoms with E-state index in [2.05, 4.69) is 20.8 Å². The van der Waals surface area contributed by atoms with Crippen molar-refractivity contribution in [2.45, 2.75) is 33.0 Å². The van der Waals surface area contributed by atoms with Gasteiger partial charge in [0.2, 0.25) is 11.8 Å². The van der Waals surface area contributed by atoms with E-state index in [0.717, 1.165) is 0 Å². The average molecular weight is 264 g/mol. The molecule has 1 unspecified atom stereocenters. The summed E-state index contributed by atoms with van der Waals surface area (Å²) in [5.41, 5.74) is 0. The van der Waals surface area contributed by atoms with Gasteiger partial charge in [0.25, 0.3) is 0 Å². The van der Waals surface area contributed by atoms with E-state index in [-0.39, 0.29) is 11.9 Å². The van der Waals surface area contributed by atoms with Gasteiger partial charge in [-0.2, -0.15) is 4.98 Å². The molecule has 1 atom stereocenters. The second-order valence-corrected chi connectivity index (χ2v) is 4.14. The zero-order valence-corrected chi connectivity index (χ0v) is 10.8. The summed E-state index contributed by atoms with van der Waals surface area (Å²) < 4.78 is 10.1. The summed E-state index contributed by atoms with van der Waals surface area (Å²) in [6.45, 7) is 4.24. The SMILES string of the molecule is Cc1noc(CNC(C)C(=O)NCc2ccco2)n1. The van der Waals surface area contributed by atoms with Gasteiger partial charge < -0.3 is 14.3 Å². The third-order valence-electron chi connectivity index (χ3n) is 2.54. The van der Waals surface area contributed by atoms with Crippen molar-refractivity contribution in [3.05, 3.63) is 35.9 Å². The highest BCUT2D eigenvalue weighted by molar-refractivity contribution is 5.81. The Morgan fingerprint density at radius 2 is 2.32 bits per heavy atom. The number of furan rings is 1. The highest BCUT2D eigenvalue weighted by atomic mass is 16.5. The molecule has 0 aromatic carbocycles. The molecule has 102 valence electrons. The van der Waals surface area contributed by atoms with E-state index in [1.165, 1.54) is 0 Å². The zero-order valence-electron chi connectivity index (χ0n) is 10.8. The number of carbonyl (C=O) groups excluding carboxylic acids is 1. The van der Waals surface area contributed by atoms with E-state index in [4.69, 9.17) is 8.94 Å². The molecule has 0 aliphatic carbocycles. The van der Waals surface area contributed by atoms with Crippen LogP contribution in [0.2, 0.25) is 0 Å². The number of carbonyl (C=O) groups is 1. The quantitative estimate of drug-likeness (QED) is 0.800. The van der Waals surface area contributed by atoms with Crippen LogP contribution in [0, 0.1) is 6.92 Å². The molecule has 0 fully saturated rings. The Morgan fingerprint density at radius 3 is 2.95 bits per heavy atom. The standard InChI is InChI=1S/C12H16N4O3/c1-8(13-7-11-15-9(2)16-19-11)12(17)14-6-10-4-3-5-18-10/h3-5,8,13H,6-7H2,1-2H3,(H,14,17). The Balaban J connectivity index is 1.73. The number of aromatic nitrogens is 2. The lowest BCUT2D eigenvalue weighted by molar-refractivity contribution is -0.123. The Kier molecular flexibility index (Phi) is 4.30. The van der Waals surface area contributed by atoms with Gasteiger partial charge in [-0.1, -0.05) is 5.16 Å². The van der Waals surface area contributed by atoms with Gasteiger partial charge in [0.1, 0.15) is 5.76 Å². The maximum atomic E-state index is 11.8. The first-order valence-corrected chi connectivity index (χ1v) is 5.98. The van der Waals surface area contributed by atoms with Crippen molar-refractivity contribution in [2.75, 3.05) is 0 Å². The molecule has 2 rings (SSSR count). The Bertz CT molecular complexity index is 521. The van der Waals surface area contributed by atoms with Crippen molar-refractivity contribution in [1.29, 1.82) is 0 Å². The molecule has 2 heterocycles. The fourth-order valence-corrected chi connectivity index (χ4v) is 1.49. The van der Waals surface area contributed by atoms with Crippen LogP contribution in [-0.4, -0.2) is 22.1 Å². The molecule has 0 aliphatic rings. The summed E-state index contributed by atoms with van der Waals surface area (Å²) in [7, 11) is 0. The second kappa shape index (κ2) is 6.14. The molecule has 1 amide bonds. The molecule has 19 heavy (non-hydrogen) atoms. The summed E-state index contributed by atoms with van der Waals surface area (Å²) in [6, 6.07) is 3.22. The van der Waals surface area contributed by atoms with Crippen LogP contribution >= 0.6 is 0 Å². The van der Waals surface area contributed by atoms with Gasteiger partial charge in [-0.3, -0.25) is 10.1 Å². The molecule has 0 radical (unpaired) electrons. The molecule has 7 nitrogen and oxygen atoms in total. The van der Waals surface area contributed by atoms with Gasteiger partial charge in [0.15, 0.2) is 5.82 Å². The van der Waals surface area contributed by atoms with Crippen LogP contribution < -0.4 is 10.6 Å². The predicted octanol–water partition coefficient (Wildman–Crippen LogP) is 0.766. The predicted molar refractivity (Wildman–Crippen MR) is 65.9 cm³/mol. The number of aryl methyl sites for hydroxylation is 1. The van der Waals surface area contributed by atoms with E-state index in [9.17, 15) is 4.79 Å². The van der Waals surface area contributed by atoms with Gasteiger partial charge in [0, 0.05) is 0 Å². The van der Waals surface area contributed by atoms with Crippen LogP contribution in [0.5, 0.6) is 0 Å². The minimum Gasteiger partial charge on any atom is -0.467 e. The number of nitrogens with one attached hydrogen (secondary N) is 2. The first-order chi connectivity index (χ1) is 9.15. The van der Waals surface area contributed by atoms with E-state index in [1.54, 1.807) is 32.2 Å². The van der Waals surface area contributed by atoms with Crippen molar-refractivity contribution in [1.82, 2.24) is 20.8 Å². The molecule has 2 aromatic heterocycles. The number of hydrogen-bond acceptors (Lipinski definition) is 6. The highest BCUT2D eigenvalue weighted by Crippen LogP contribution is 1.99. The maximum absolute atomic E-state index is 11.8. The minimum absolute atomic E-state index is 0.118. The Labute approximate surface area is 110 Å². The normalized spacial score (nSPS) is 12.3. The van der Waals surface area contributed by atoms with Crippen molar-refractivity contribution < 1.29 is 13.7 Å². The summed E-state index contributed by atoms with van der Waals surface area (Å²) >= 11 is 0. The Morgan fingerprint density at radius 1 is 1.47 bits per heavy atom. The van der Waals surface area contributed by atoms with E-state index < -0.39 is 0 Å². The molecule has 2 N–H and O–H groups in total. The minimum atomic E-state index is -0.359. The fraction of sp³-hybridized carbons (Fsp3) is 0.417. The van der Waals surface area contributed by atoms with Gasteiger partial charge in [-0.05, 0) is 26.0 Å². The molecule has 0 spiro atoms. The van der Waals surface area contributed by atoms with Crippen LogP contribution in [0.25, 0.3) is 0 Å². The van der Waals surface area contributed by atoms with Crippen LogP contribution in [0.3, 0.4) is 0 Å². The van der Waals surface area contributed by atoms with Gasteiger partial charge in [-0.25, -0.2) is 0 Å². The van der Waals surface area contributed by atoms with Crippen LogP contribution in [0.15, 0.2) is 27.3 Å². The molecule has 0 bridgehead atoms. The third kappa shape index (κ3) is 3.92. The molecule has 0 saturated heterocycles. The number of rotatable bonds is 6. The molecule has 0 saturated carbocycles. The van der Waals surface area contributed by atoms with Crippen molar-refractivity contribution >= 4 is 5.91 Å². The molecule has 0 aliphatic heterocycles. The number of nitrogens with zero attached hydrogens (tertiary/aromatic N) is 2. The van der Waals surface area contributed by atoms with Gasteiger partial charge in [0.05, 0.1) is 25.4 Å². The lowest BCUT2D eigenvalue weighted by atomic mass is 10.3. The molecule has 2 aromatic rings. The number of hydrogen-bond donors (Lipinski definition) is 2. The van der Waals surface area contributed by atoms with E-state index >= 15 is 0 Å². The van der Waals surface area contributed by atoms with Crippen LogP contribution in [0.1, 0.15) is 24.4 Å². The monoisotopic (exact) mass is 264 g/mol. The third-order valence-corrected chi connectivity index (χ3v) is 2.54. The first-order valence-electron chi connectivity index (χ1n) is 5.98. The zero-order chi connectivity index (χ0) is 13.7. The van der Waals surface area contributed by atoms with Crippen LogP contribution in [0.4, 0.5) is 0 Å². The lowest BCUT2D eigenvalue weighted by Crippen LogP contribution is -2.41. The van der Waals surface area contributed by atoms with Gasteiger partial charge in [-0.15, -0.1) is 0 Å². The largest absolute Gasteiger partial charge is 0.467 e. The second-order valence-electron chi connectivity index (χ2n) is 4.14. The van der Waals surface area contributed by atoms with Crippen LogP contribution in [-0.2, 0) is 17.9 Å². The van der Waals surface area contributed by atoms with Crippen molar-refractivity contribution in [2.24, 2.45) is 0 Å². The summed E-state index contributed by atoms with van der Waals surface area (Å²) in [6.07, 6.45) is 1.57. The summed E-state index contributed by atoms with van der Waals surface area (Å²) in [5.74, 6) is 1.63. The summed E-state index contributed by atoms with van der Waals surface area (Å²) in [5, 5.41) is 9.44. The first kappa shape index (κ1) is 13.3. The molecular weight excluding hydrogens is 248 g/mol. The maximum Gasteiger partial charge on any atom is 0.240 e. The topological polar surface area (TPSA) is 93.2 Å². The molecular formula is C12H16N4O3. The smallest absolute Gasteiger partial charge is 0.240 e. The highest BCUT2D eigenvalue weighted by Gasteiger charge is 2.13. The van der Waals surface area contributed by atoms with E-state index in [1.807, 2.05) is 0 Å². The number of amides is 1. The Hall–Kier alpha value is -2.15. The van der Waals surface area contributed by atoms with Crippen molar-refractivity contribution in [3.63, 3.8) is 0 Å².